The van der Waals surface area contributed by atoms with E-state index in [1.54, 1.807) is 26.4 Å². The quantitative estimate of drug-likeness (QED) is 0.530. The molecule has 0 radical (unpaired) electrons. The molecule has 1 aromatic heterocycles. The molecule has 158 valence electrons. The van der Waals surface area contributed by atoms with E-state index in [-0.39, 0.29) is 5.82 Å². The molecule has 0 aliphatic rings. The molecule has 1 N–H and O–H groups in total. The Morgan fingerprint density at radius 1 is 1.00 bits per heavy atom. The molecule has 30 heavy (non-hydrogen) atoms. The smallest absolute Gasteiger partial charge is 0.162 e. The van der Waals surface area contributed by atoms with Crippen LogP contribution >= 0.6 is 0 Å². The average Bonchev–Trinajstić information content (AvgIpc) is 2.75. The van der Waals surface area contributed by atoms with Crippen molar-refractivity contribution >= 4 is 28.9 Å². The van der Waals surface area contributed by atoms with Gasteiger partial charge < -0.3 is 19.7 Å². The summed E-state index contributed by atoms with van der Waals surface area (Å²) >= 11 is 0. The maximum atomic E-state index is 13.1. The van der Waals surface area contributed by atoms with Crippen molar-refractivity contribution in [2.75, 3.05) is 46.7 Å². The number of rotatable bonds is 9. The molecule has 0 aliphatic heterocycles. The van der Waals surface area contributed by atoms with E-state index in [1.165, 1.54) is 12.1 Å². The minimum absolute atomic E-state index is 0.264. The van der Waals surface area contributed by atoms with Crippen LogP contribution in [0.2, 0.25) is 0 Å². The van der Waals surface area contributed by atoms with Crippen LogP contribution < -0.4 is 14.8 Å². The Balaban J connectivity index is 1.96. The summed E-state index contributed by atoms with van der Waals surface area (Å²) in [6.45, 7) is 1.75. The number of hydrogen-bond donors (Lipinski definition) is 1. The van der Waals surface area contributed by atoms with Crippen LogP contribution in [0.4, 0.5) is 10.2 Å². The summed E-state index contributed by atoms with van der Waals surface area (Å²) in [6, 6.07) is 10.00. The first kappa shape index (κ1) is 21.5. The van der Waals surface area contributed by atoms with Crippen molar-refractivity contribution in [3.8, 4) is 11.5 Å². The predicted octanol–water partition coefficient (Wildman–Crippen LogP) is 4.32. The van der Waals surface area contributed by atoms with Gasteiger partial charge in [0.15, 0.2) is 17.3 Å². The highest BCUT2D eigenvalue weighted by Crippen LogP contribution is 2.34. The molecule has 0 amide bonds. The Kier molecular flexibility index (Phi) is 7.19. The van der Waals surface area contributed by atoms with Crippen LogP contribution in [0.15, 0.2) is 36.4 Å². The Labute approximate surface area is 176 Å². The molecular weight excluding hydrogens is 383 g/mol. The third kappa shape index (κ3) is 5.45. The molecule has 3 aromatic rings. The molecule has 7 heteroatoms. The number of aromatic nitrogens is 2. The fourth-order valence-corrected chi connectivity index (χ4v) is 3.03. The molecule has 0 unspecified atom stereocenters. The third-order valence-corrected chi connectivity index (χ3v) is 4.59. The van der Waals surface area contributed by atoms with Gasteiger partial charge in [0, 0.05) is 18.0 Å². The second-order valence-electron chi connectivity index (χ2n) is 7.12. The zero-order valence-corrected chi connectivity index (χ0v) is 17.8. The number of nitrogens with zero attached hydrogens (tertiary/aromatic N) is 3. The summed E-state index contributed by atoms with van der Waals surface area (Å²) in [5, 5.41) is 4.28. The highest BCUT2D eigenvalue weighted by atomic mass is 19.1. The first-order chi connectivity index (χ1) is 14.5. The fourth-order valence-electron chi connectivity index (χ4n) is 3.03. The van der Waals surface area contributed by atoms with Crippen LogP contribution in [0, 0.1) is 5.82 Å². The molecule has 0 aliphatic carbocycles. The number of halogens is 1. The number of fused-ring (bicyclic) bond motifs is 1. The van der Waals surface area contributed by atoms with Crippen molar-refractivity contribution in [3.63, 3.8) is 0 Å². The van der Waals surface area contributed by atoms with Gasteiger partial charge >= 0.3 is 0 Å². The lowest BCUT2D eigenvalue weighted by Gasteiger charge is -2.14. The van der Waals surface area contributed by atoms with Crippen LogP contribution in [-0.4, -0.2) is 56.3 Å². The SMILES string of the molecule is COc1cc2nc(/C=C/c3ccc(F)cc3)nc(NCCCN(C)C)c2cc1OC. The summed E-state index contributed by atoms with van der Waals surface area (Å²) in [4.78, 5) is 11.5. The highest BCUT2D eigenvalue weighted by molar-refractivity contribution is 5.92. The first-order valence-corrected chi connectivity index (χ1v) is 9.76. The number of ether oxygens (including phenoxy) is 2. The number of benzene rings is 2. The van der Waals surface area contributed by atoms with E-state index in [4.69, 9.17) is 9.47 Å². The van der Waals surface area contributed by atoms with Gasteiger partial charge in [-0.15, -0.1) is 0 Å². The van der Waals surface area contributed by atoms with Gasteiger partial charge in [-0.05, 0) is 56.9 Å². The second kappa shape index (κ2) is 10.0. The number of methoxy groups -OCH3 is 2. The van der Waals surface area contributed by atoms with Crippen molar-refractivity contribution in [3.05, 3.63) is 53.6 Å². The number of hydrogen-bond acceptors (Lipinski definition) is 6. The minimum Gasteiger partial charge on any atom is -0.493 e. The maximum absolute atomic E-state index is 13.1. The molecule has 0 atom stereocenters. The Bertz CT molecular complexity index is 1020. The van der Waals surface area contributed by atoms with Crippen LogP contribution in [0.5, 0.6) is 11.5 Å². The second-order valence-corrected chi connectivity index (χ2v) is 7.12. The standard InChI is InChI=1S/C23H27FN4O2/c1-28(2)13-5-12-25-23-18-14-20(29-3)21(30-4)15-19(18)26-22(27-23)11-8-16-6-9-17(24)10-7-16/h6-11,14-15H,5,12-13H2,1-4H3,(H,25,26,27)/b11-8+. The molecule has 0 bridgehead atoms. The summed E-state index contributed by atoms with van der Waals surface area (Å²) in [6.07, 6.45) is 4.65. The van der Waals surface area contributed by atoms with Crippen LogP contribution in [0.3, 0.4) is 0 Å². The topological polar surface area (TPSA) is 59.5 Å². The molecule has 6 nitrogen and oxygen atoms in total. The van der Waals surface area contributed by atoms with E-state index in [0.717, 1.165) is 41.8 Å². The van der Waals surface area contributed by atoms with Crippen molar-refractivity contribution in [1.82, 2.24) is 14.9 Å². The lowest BCUT2D eigenvalue weighted by atomic mass is 10.2. The summed E-state index contributed by atoms with van der Waals surface area (Å²) < 4.78 is 24.0. The lowest BCUT2D eigenvalue weighted by molar-refractivity contribution is 0.356. The maximum Gasteiger partial charge on any atom is 0.162 e. The molecule has 0 saturated carbocycles. The van der Waals surface area contributed by atoms with E-state index in [0.29, 0.717) is 17.3 Å². The molecule has 3 rings (SSSR count). The van der Waals surface area contributed by atoms with Crippen LogP contribution in [0.25, 0.3) is 23.1 Å². The average molecular weight is 410 g/mol. The van der Waals surface area contributed by atoms with E-state index < -0.39 is 0 Å². The van der Waals surface area contributed by atoms with Gasteiger partial charge in [-0.2, -0.15) is 0 Å². The molecule has 0 spiro atoms. The molecular formula is C23H27FN4O2. The fraction of sp³-hybridized carbons (Fsp3) is 0.304. The monoisotopic (exact) mass is 410 g/mol. The van der Waals surface area contributed by atoms with Gasteiger partial charge in [-0.1, -0.05) is 18.2 Å². The lowest BCUT2D eigenvalue weighted by Crippen LogP contribution is -2.17. The van der Waals surface area contributed by atoms with Gasteiger partial charge in [0.2, 0.25) is 0 Å². The summed E-state index contributed by atoms with van der Waals surface area (Å²) in [5.41, 5.74) is 1.62. The van der Waals surface area contributed by atoms with Crippen LogP contribution in [-0.2, 0) is 0 Å². The normalized spacial score (nSPS) is 11.4. The van der Waals surface area contributed by atoms with E-state index in [9.17, 15) is 4.39 Å². The van der Waals surface area contributed by atoms with Gasteiger partial charge in [-0.25, -0.2) is 14.4 Å². The van der Waals surface area contributed by atoms with Crippen LogP contribution in [0.1, 0.15) is 17.8 Å². The van der Waals surface area contributed by atoms with Gasteiger partial charge in [0.25, 0.3) is 0 Å². The predicted molar refractivity (Wildman–Crippen MR) is 120 cm³/mol. The third-order valence-electron chi connectivity index (χ3n) is 4.59. The minimum atomic E-state index is -0.264. The summed E-state index contributed by atoms with van der Waals surface area (Å²) in [5.74, 6) is 2.25. The molecule has 0 fully saturated rings. The molecule has 2 aromatic carbocycles. The zero-order chi connectivity index (χ0) is 21.5. The zero-order valence-electron chi connectivity index (χ0n) is 17.8. The Morgan fingerprint density at radius 2 is 1.70 bits per heavy atom. The highest BCUT2D eigenvalue weighted by Gasteiger charge is 2.12. The largest absolute Gasteiger partial charge is 0.493 e. The van der Waals surface area contributed by atoms with E-state index in [2.05, 4.69) is 34.3 Å². The number of anilines is 1. The first-order valence-electron chi connectivity index (χ1n) is 9.76. The van der Waals surface area contributed by atoms with Gasteiger partial charge in [0.1, 0.15) is 11.6 Å². The van der Waals surface area contributed by atoms with Gasteiger partial charge in [0.05, 0.1) is 19.7 Å². The molecule has 0 saturated heterocycles. The Morgan fingerprint density at radius 3 is 2.37 bits per heavy atom. The van der Waals surface area contributed by atoms with Crippen molar-refractivity contribution in [1.29, 1.82) is 0 Å². The summed E-state index contributed by atoms with van der Waals surface area (Å²) in [7, 11) is 7.31. The molecule has 1 heterocycles. The van der Waals surface area contributed by atoms with Crippen molar-refractivity contribution < 1.29 is 13.9 Å². The van der Waals surface area contributed by atoms with E-state index in [1.807, 2.05) is 24.3 Å². The van der Waals surface area contributed by atoms with Crippen molar-refractivity contribution in [2.24, 2.45) is 0 Å². The van der Waals surface area contributed by atoms with Gasteiger partial charge in [-0.3, -0.25) is 0 Å². The van der Waals surface area contributed by atoms with Crippen molar-refractivity contribution in [2.45, 2.75) is 6.42 Å². The number of nitrogens with one attached hydrogen (secondary N) is 1. The Hall–Kier alpha value is -3.19. The van der Waals surface area contributed by atoms with E-state index >= 15 is 0 Å².